The number of carbonyl (C=O) groups excluding carboxylic acids is 2. The molecule has 3 heterocycles. The van der Waals surface area contributed by atoms with Gasteiger partial charge in [-0.25, -0.2) is 14.4 Å². The summed E-state index contributed by atoms with van der Waals surface area (Å²) >= 11 is 0. The molecule has 2 aliphatic rings. The largest absolute Gasteiger partial charge is 0.341 e. The quantitative estimate of drug-likeness (QED) is 0.774. The average Bonchev–Trinajstić information content (AvgIpc) is 3.27. The van der Waals surface area contributed by atoms with Gasteiger partial charge in [0.25, 0.3) is 5.91 Å². The van der Waals surface area contributed by atoms with Gasteiger partial charge >= 0.3 is 0 Å². The number of para-hydroxylation sites is 1. The van der Waals surface area contributed by atoms with Gasteiger partial charge in [0, 0.05) is 25.2 Å². The number of benzene rings is 1. The van der Waals surface area contributed by atoms with Crippen molar-refractivity contribution < 1.29 is 14.0 Å². The van der Waals surface area contributed by atoms with E-state index in [0.717, 1.165) is 38.3 Å². The Hall–Kier alpha value is -2.87. The number of halogens is 1. The maximum atomic E-state index is 13.8. The van der Waals surface area contributed by atoms with E-state index in [-0.39, 0.29) is 17.5 Å². The maximum Gasteiger partial charge on any atom is 0.259 e. The summed E-state index contributed by atoms with van der Waals surface area (Å²) in [5.74, 6) is 0.674. The fourth-order valence-electron chi connectivity index (χ4n) is 4.37. The molecule has 0 unspecified atom stereocenters. The van der Waals surface area contributed by atoms with Crippen molar-refractivity contribution in [3.8, 4) is 0 Å². The molecule has 7 nitrogen and oxygen atoms in total. The monoisotopic (exact) mass is 439 g/mol. The number of likely N-dealkylation sites (tertiary alicyclic amines) is 2. The predicted octanol–water partition coefficient (Wildman–Crippen LogP) is 3.22. The number of nitrogens with zero attached hydrogens (tertiary/aromatic N) is 4. The van der Waals surface area contributed by atoms with Crippen LogP contribution >= 0.6 is 0 Å². The lowest BCUT2D eigenvalue weighted by atomic mass is 9.99. The van der Waals surface area contributed by atoms with Gasteiger partial charge in [-0.1, -0.05) is 19.1 Å². The van der Waals surface area contributed by atoms with E-state index in [0.29, 0.717) is 36.7 Å². The minimum absolute atomic E-state index is 0.0581. The molecular weight excluding hydrogens is 409 g/mol. The summed E-state index contributed by atoms with van der Waals surface area (Å²) in [6.07, 6.45) is 4.61. The van der Waals surface area contributed by atoms with Crippen LogP contribution in [0.4, 0.5) is 10.1 Å². The molecule has 170 valence electrons. The molecule has 2 saturated heterocycles. The van der Waals surface area contributed by atoms with Crippen molar-refractivity contribution in [2.24, 2.45) is 5.92 Å². The van der Waals surface area contributed by atoms with Crippen LogP contribution < -0.4 is 5.32 Å². The first-order valence-electron chi connectivity index (χ1n) is 11.3. The molecule has 2 fully saturated rings. The Bertz CT molecular complexity index is 990. The van der Waals surface area contributed by atoms with Crippen molar-refractivity contribution >= 4 is 17.5 Å². The molecular formula is C24H30FN5O2. The van der Waals surface area contributed by atoms with E-state index in [1.54, 1.807) is 19.1 Å². The van der Waals surface area contributed by atoms with Crippen LogP contribution in [0.25, 0.3) is 0 Å². The molecule has 1 N–H and O–H groups in total. The third-order valence-corrected chi connectivity index (χ3v) is 6.51. The van der Waals surface area contributed by atoms with Gasteiger partial charge in [-0.2, -0.15) is 0 Å². The molecule has 1 atom stereocenters. The Morgan fingerprint density at radius 1 is 1.16 bits per heavy atom. The van der Waals surface area contributed by atoms with Crippen LogP contribution in [0.5, 0.6) is 0 Å². The van der Waals surface area contributed by atoms with E-state index < -0.39 is 11.7 Å². The molecule has 32 heavy (non-hydrogen) atoms. The molecule has 4 rings (SSSR count). The van der Waals surface area contributed by atoms with Crippen molar-refractivity contribution in [2.75, 3.05) is 38.0 Å². The molecule has 8 heteroatoms. The summed E-state index contributed by atoms with van der Waals surface area (Å²) in [7, 11) is 0. The highest BCUT2D eigenvalue weighted by Crippen LogP contribution is 2.26. The summed E-state index contributed by atoms with van der Waals surface area (Å²) in [5, 5.41) is 2.57. The second-order valence-corrected chi connectivity index (χ2v) is 8.95. The lowest BCUT2D eigenvalue weighted by molar-refractivity contribution is -0.131. The van der Waals surface area contributed by atoms with Crippen molar-refractivity contribution in [1.29, 1.82) is 0 Å². The Morgan fingerprint density at radius 3 is 2.62 bits per heavy atom. The molecule has 1 aromatic heterocycles. The van der Waals surface area contributed by atoms with Crippen LogP contribution in [-0.2, 0) is 4.79 Å². The van der Waals surface area contributed by atoms with Gasteiger partial charge < -0.3 is 10.2 Å². The molecule has 0 spiro atoms. The summed E-state index contributed by atoms with van der Waals surface area (Å²) in [4.78, 5) is 38.4. The van der Waals surface area contributed by atoms with E-state index >= 15 is 0 Å². The number of hydrogen-bond acceptors (Lipinski definition) is 5. The zero-order valence-corrected chi connectivity index (χ0v) is 18.7. The second-order valence-electron chi connectivity index (χ2n) is 8.95. The minimum atomic E-state index is -0.495. The molecule has 0 aliphatic carbocycles. The first-order chi connectivity index (χ1) is 15.4. The standard InChI is InChI=1S/C24H30FN5O2/c1-16-7-10-29(11-8-16)15-22(31)30-12-9-18(14-30)23-26-13-19(17(2)27-23)24(32)28-21-6-4-3-5-20(21)25/h3-6,13,16,18H,7-12,14-15H2,1-2H3,(H,28,32)/t18-/m0/s1. The number of nitrogens with one attached hydrogen (secondary N) is 1. The van der Waals surface area contributed by atoms with Crippen LogP contribution in [0.3, 0.4) is 0 Å². The molecule has 2 aromatic rings. The topological polar surface area (TPSA) is 78.4 Å². The van der Waals surface area contributed by atoms with Gasteiger partial charge in [-0.3, -0.25) is 14.5 Å². The maximum absolute atomic E-state index is 13.8. The van der Waals surface area contributed by atoms with Gasteiger partial charge in [0.1, 0.15) is 11.6 Å². The number of carbonyl (C=O) groups is 2. The molecule has 2 aliphatic heterocycles. The van der Waals surface area contributed by atoms with Crippen LogP contribution in [0, 0.1) is 18.7 Å². The number of rotatable bonds is 5. The molecule has 0 saturated carbocycles. The number of aryl methyl sites for hydroxylation is 1. The number of amides is 2. The highest BCUT2D eigenvalue weighted by atomic mass is 19.1. The van der Waals surface area contributed by atoms with E-state index in [1.807, 2.05) is 4.90 Å². The number of hydrogen-bond donors (Lipinski definition) is 1. The normalized spacial score (nSPS) is 19.8. The van der Waals surface area contributed by atoms with Gasteiger partial charge in [0.05, 0.1) is 23.5 Å². The van der Waals surface area contributed by atoms with Crippen molar-refractivity contribution in [1.82, 2.24) is 19.8 Å². The lowest BCUT2D eigenvalue weighted by Crippen LogP contribution is -2.42. The number of piperidine rings is 1. The summed E-state index contributed by atoms with van der Waals surface area (Å²) in [6, 6.07) is 6.02. The summed E-state index contributed by atoms with van der Waals surface area (Å²) in [5.41, 5.74) is 0.965. The highest BCUT2D eigenvalue weighted by molar-refractivity contribution is 6.04. The summed E-state index contributed by atoms with van der Waals surface area (Å²) < 4.78 is 13.8. The number of aromatic nitrogens is 2. The van der Waals surface area contributed by atoms with Crippen LogP contribution in [0.15, 0.2) is 30.5 Å². The zero-order chi connectivity index (χ0) is 22.7. The van der Waals surface area contributed by atoms with E-state index in [1.165, 1.54) is 18.3 Å². The smallest absolute Gasteiger partial charge is 0.259 e. The fraction of sp³-hybridized carbons (Fsp3) is 0.500. The van der Waals surface area contributed by atoms with Crippen LogP contribution in [0.2, 0.25) is 0 Å². The number of anilines is 1. The lowest BCUT2D eigenvalue weighted by Gasteiger charge is -2.30. The first-order valence-corrected chi connectivity index (χ1v) is 11.3. The molecule has 0 radical (unpaired) electrons. The Balaban J connectivity index is 1.35. The Morgan fingerprint density at radius 2 is 1.91 bits per heavy atom. The van der Waals surface area contributed by atoms with Crippen LogP contribution in [-0.4, -0.2) is 64.3 Å². The minimum Gasteiger partial charge on any atom is -0.341 e. The van der Waals surface area contributed by atoms with Gasteiger partial charge in [0.2, 0.25) is 5.91 Å². The van der Waals surface area contributed by atoms with Crippen molar-refractivity contribution in [2.45, 2.75) is 39.0 Å². The predicted molar refractivity (Wildman–Crippen MR) is 120 cm³/mol. The zero-order valence-electron chi connectivity index (χ0n) is 18.7. The summed E-state index contributed by atoms with van der Waals surface area (Å²) in [6.45, 7) is 7.77. The average molecular weight is 440 g/mol. The van der Waals surface area contributed by atoms with Gasteiger partial charge in [-0.15, -0.1) is 0 Å². The molecule has 1 aromatic carbocycles. The third-order valence-electron chi connectivity index (χ3n) is 6.51. The second kappa shape index (κ2) is 9.73. The van der Waals surface area contributed by atoms with E-state index in [2.05, 4.69) is 27.1 Å². The highest BCUT2D eigenvalue weighted by Gasteiger charge is 2.31. The first kappa shape index (κ1) is 22.3. The van der Waals surface area contributed by atoms with Gasteiger partial charge in [0.15, 0.2) is 0 Å². The SMILES string of the molecule is Cc1nc([C@H]2CCN(C(=O)CN3CCC(C)CC3)C2)ncc1C(=O)Nc1ccccc1F. The third kappa shape index (κ3) is 5.12. The van der Waals surface area contributed by atoms with Crippen molar-refractivity contribution in [3.05, 3.63) is 53.4 Å². The Labute approximate surface area is 188 Å². The fourth-order valence-corrected chi connectivity index (χ4v) is 4.37. The molecule has 2 amide bonds. The van der Waals surface area contributed by atoms with E-state index in [9.17, 15) is 14.0 Å². The van der Waals surface area contributed by atoms with Crippen molar-refractivity contribution in [3.63, 3.8) is 0 Å². The van der Waals surface area contributed by atoms with Gasteiger partial charge in [-0.05, 0) is 57.3 Å². The van der Waals surface area contributed by atoms with Crippen LogP contribution in [0.1, 0.15) is 54.0 Å². The Kier molecular flexibility index (Phi) is 6.79. The van der Waals surface area contributed by atoms with E-state index in [4.69, 9.17) is 0 Å². The molecule has 0 bridgehead atoms.